The summed E-state index contributed by atoms with van der Waals surface area (Å²) in [5, 5.41) is 2.77. The Morgan fingerprint density at radius 3 is 2.52 bits per heavy atom. The second-order valence-corrected chi connectivity index (χ2v) is 6.13. The fraction of sp³-hybridized carbons (Fsp3) is 0.316. The molecule has 0 aliphatic carbocycles. The lowest BCUT2D eigenvalue weighted by Crippen LogP contribution is -2.40. The minimum absolute atomic E-state index is 0.175. The predicted molar refractivity (Wildman–Crippen MR) is 93.9 cm³/mol. The highest BCUT2D eigenvalue weighted by Gasteiger charge is 2.23. The lowest BCUT2D eigenvalue weighted by molar-refractivity contribution is -0.139. The SMILES string of the molecule is CC(C)CC(=O)NC(C(=O)NOCc1cccnc1)c1ccccc1. The monoisotopic (exact) mass is 341 g/mol. The Hall–Kier alpha value is -2.73. The van der Waals surface area contributed by atoms with Gasteiger partial charge in [0.25, 0.3) is 5.91 Å². The Kier molecular flexibility index (Phi) is 7.10. The van der Waals surface area contributed by atoms with Crippen molar-refractivity contribution in [3.63, 3.8) is 0 Å². The van der Waals surface area contributed by atoms with Crippen molar-refractivity contribution in [1.82, 2.24) is 15.8 Å². The average Bonchev–Trinajstić information content (AvgIpc) is 2.60. The van der Waals surface area contributed by atoms with E-state index >= 15 is 0 Å². The van der Waals surface area contributed by atoms with Crippen molar-refractivity contribution in [2.24, 2.45) is 5.92 Å². The third-order valence-electron chi connectivity index (χ3n) is 3.43. The van der Waals surface area contributed by atoms with Crippen LogP contribution in [-0.4, -0.2) is 16.8 Å². The Bertz CT molecular complexity index is 675. The number of hydrogen-bond acceptors (Lipinski definition) is 4. The van der Waals surface area contributed by atoms with E-state index in [-0.39, 0.29) is 18.4 Å². The summed E-state index contributed by atoms with van der Waals surface area (Å²) in [5.74, 6) is -0.389. The van der Waals surface area contributed by atoms with Crippen molar-refractivity contribution >= 4 is 11.8 Å². The first-order valence-electron chi connectivity index (χ1n) is 8.21. The van der Waals surface area contributed by atoms with Crippen LogP contribution in [0.3, 0.4) is 0 Å². The van der Waals surface area contributed by atoms with Gasteiger partial charge >= 0.3 is 0 Å². The third-order valence-corrected chi connectivity index (χ3v) is 3.43. The van der Waals surface area contributed by atoms with Crippen molar-refractivity contribution in [3.05, 3.63) is 66.0 Å². The van der Waals surface area contributed by atoms with Gasteiger partial charge < -0.3 is 5.32 Å². The number of carbonyl (C=O) groups is 2. The van der Waals surface area contributed by atoms with Crippen LogP contribution in [0.2, 0.25) is 0 Å². The molecule has 0 radical (unpaired) electrons. The van der Waals surface area contributed by atoms with Gasteiger partial charge in [-0.25, -0.2) is 5.48 Å². The second-order valence-electron chi connectivity index (χ2n) is 6.13. The molecule has 25 heavy (non-hydrogen) atoms. The van der Waals surface area contributed by atoms with E-state index in [2.05, 4.69) is 15.8 Å². The van der Waals surface area contributed by atoms with E-state index in [0.717, 1.165) is 5.56 Å². The number of benzene rings is 1. The quantitative estimate of drug-likeness (QED) is 0.723. The summed E-state index contributed by atoms with van der Waals surface area (Å²) < 4.78 is 0. The first kappa shape index (κ1) is 18.6. The van der Waals surface area contributed by atoms with Crippen LogP contribution in [0.25, 0.3) is 0 Å². The average molecular weight is 341 g/mol. The molecule has 0 aliphatic rings. The minimum atomic E-state index is -0.804. The maximum absolute atomic E-state index is 12.5. The van der Waals surface area contributed by atoms with Crippen LogP contribution < -0.4 is 10.8 Å². The van der Waals surface area contributed by atoms with E-state index in [1.807, 2.05) is 38.1 Å². The zero-order valence-electron chi connectivity index (χ0n) is 14.4. The van der Waals surface area contributed by atoms with Crippen LogP contribution in [0.1, 0.15) is 37.4 Å². The maximum atomic E-state index is 12.5. The van der Waals surface area contributed by atoms with Gasteiger partial charge in [-0.15, -0.1) is 0 Å². The number of nitrogens with zero attached hydrogens (tertiary/aromatic N) is 1. The Balaban J connectivity index is 1.98. The zero-order chi connectivity index (χ0) is 18.1. The van der Waals surface area contributed by atoms with E-state index in [4.69, 9.17) is 4.84 Å². The first-order chi connectivity index (χ1) is 12.1. The molecule has 6 nitrogen and oxygen atoms in total. The number of amides is 2. The van der Waals surface area contributed by atoms with Gasteiger partial charge in [0.1, 0.15) is 12.6 Å². The summed E-state index contributed by atoms with van der Waals surface area (Å²) >= 11 is 0. The molecule has 2 aromatic rings. The fourth-order valence-electron chi connectivity index (χ4n) is 2.27. The first-order valence-corrected chi connectivity index (χ1v) is 8.21. The molecule has 1 heterocycles. The van der Waals surface area contributed by atoms with Crippen LogP contribution in [0.15, 0.2) is 54.9 Å². The number of carbonyl (C=O) groups excluding carboxylic acids is 2. The van der Waals surface area contributed by atoms with Gasteiger partial charge in [-0.05, 0) is 23.1 Å². The minimum Gasteiger partial charge on any atom is -0.340 e. The molecule has 0 saturated carbocycles. The van der Waals surface area contributed by atoms with Crippen molar-refractivity contribution < 1.29 is 14.4 Å². The molecule has 2 amide bonds. The van der Waals surface area contributed by atoms with E-state index in [0.29, 0.717) is 12.0 Å². The van der Waals surface area contributed by atoms with Crippen LogP contribution in [-0.2, 0) is 21.0 Å². The largest absolute Gasteiger partial charge is 0.340 e. The molecule has 0 spiro atoms. The summed E-state index contributed by atoms with van der Waals surface area (Å²) in [6.45, 7) is 4.10. The molecule has 132 valence electrons. The molecule has 2 rings (SSSR count). The third kappa shape index (κ3) is 6.35. The number of pyridine rings is 1. The molecule has 1 atom stereocenters. The topological polar surface area (TPSA) is 80.3 Å². The summed E-state index contributed by atoms with van der Waals surface area (Å²) in [6.07, 6.45) is 3.68. The number of nitrogens with one attached hydrogen (secondary N) is 2. The van der Waals surface area contributed by atoms with Gasteiger partial charge in [-0.2, -0.15) is 0 Å². The molecule has 2 N–H and O–H groups in total. The molecule has 6 heteroatoms. The maximum Gasteiger partial charge on any atom is 0.270 e. The van der Waals surface area contributed by atoms with Crippen LogP contribution in [0.5, 0.6) is 0 Å². The Morgan fingerprint density at radius 1 is 1.12 bits per heavy atom. The highest BCUT2D eigenvalue weighted by atomic mass is 16.6. The highest BCUT2D eigenvalue weighted by molar-refractivity contribution is 5.88. The van der Waals surface area contributed by atoms with Crippen LogP contribution in [0, 0.1) is 5.92 Å². The summed E-state index contributed by atoms with van der Waals surface area (Å²) in [5.41, 5.74) is 3.94. The summed E-state index contributed by atoms with van der Waals surface area (Å²) in [4.78, 5) is 33.8. The molecule has 1 aromatic carbocycles. The van der Waals surface area contributed by atoms with Gasteiger partial charge in [0, 0.05) is 18.8 Å². The highest BCUT2D eigenvalue weighted by Crippen LogP contribution is 2.14. The molecule has 1 unspecified atom stereocenters. The molecule has 0 saturated heterocycles. The molecule has 1 aromatic heterocycles. The number of hydroxylamine groups is 1. The van der Waals surface area contributed by atoms with Gasteiger partial charge in [-0.1, -0.05) is 50.2 Å². The van der Waals surface area contributed by atoms with Gasteiger partial charge in [0.05, 0.1) is 0 Å². The number of rotatable bonds is 8. The van der Waals surface area contributed by atoms with Crippen molar-refractivity contribution in [2.75, 3.05) is 0 Å². The zero-order valence-corrected chi connectivity index (χ0v) is 14.4. The molecular formula is C19H23N3O3. The lowest BCUT2D eigenvalue weighted by Gasteiger charge is -2.19. The molecule has 0 bridgehead atoms. The Labute approximate surface area is 147 Å². The lowest BCUT2D eigenvalue weighted by atomic mass is 10.1. The molecule has 0 fully saturated rings. The molecular weight excluding hydrogens is 318 g/mol. The van der Waals surface area contributed by atoms with Gasteiger partial charge in [0.2, 0.25) is 5.91 Å². The fourth-order valence-corrected chi connectivity index (χ4v) is 2.27. The van der Waals surface area contributed by atoms with Crippen molar-refractivity contribution in [2.45, 2.75) is 32.9 Å². The Morgan fingerprint density at radius 2 is 1.88 bits per heavy atom. The van der Waals surface area contributed by atoms with E-state index in [1.54, 1.807) is 30.6 Å². The second kappa shape index (κ2) is 9.54. The summed E-state index contributed by atoms with van der Waals surface area (Å²) in [7, 11) is 0. The summed E-state index contributed by atoms with van der Waals surface area (Å²) in [6, 6.07) is 11.9. The standard InChI is InChI=1S/C19H23N3O3/c1-14(2)11-17(23)21-18(16-8-4-3-5-9-16)19(24)22-25-13-15-7-6-10-20-12-15/h3-10,12,14,18H,11,13H2,1-2H3,(H,21,23)(H,22,24). The van der Waals surface area contributed by atoms with Crippen molar-refractivity contribution in [3.8, 4) is 0 Å². The van der Waals surface area contributed by atoms with E-state index in [9.17, 15) is 9.59 Å². The van der Waals surface area contributed by atoms with E-state index in [1.165, 1.54) is 0 Å². The number of hydrogen-bond donors (Lipinski definition) is 2. The van der Waals surface area contributed by atoms with Crippen molar-refractivity contribution in [1.29, 1.82) is 0 Å². The normalized spacial score (nSPS) is 11.8. The van der Waals surface area contributed by atoms with Gasteiger partial charge in [0.15, 0.2) is 0 Å². The van der Waals surface area contributed by atoms with Gasteiger partial charge in [-0.3, -0.25) is 19.4 Å². The van der Waals surface area contributed by atoms with Crippen LogP contribution >= 0.6 is 0 Å². The van der Waals surface area contributed by atoms with E-state index < -0.39 is 11.9 Å². The predicted octanol–water partition coefficient (Wildman–Crippen LogP) is 2.53. The molecule has 0 aliphatic heterocycles. The number of aromatic nitrogens is 1. The van der Waals surface area contributed by atoms with Crippen LogP contribution in [0.4, 0.5) is 0 Å². The smallest absolute Gasteiger partial charge is 0.270 e.